The van der Waals surface area contributed by atoms with Crippen LogP contribution in [0.15, 0.2) is 24.4 Å². The summed E-state index contributed by atoms with van der Waals surface area (Å²) in [6, 6.07) is 7.38. The van der Waals surface area contributed by atoms with Gasteiger partial charge in [0.2, 0.25) is 0 Å². The molecular formula is C19H25N5O. The zero-order valence-corrected chi connectivity index (χ0v) is 14.7. The van der Waals surface area contributed by atoms with E-state index >= 15 is 0 Å². The first kappa shape index (κ1) is 16.1. The highest BCUT2D eigenvalue weighted by atomic mass is 16.1. The Labute approximate surface area is 147 Å². The lowest BCUT2D eigenvalue weighted by molar-refractivity contribution is 0.100. The molecule has 1 fully saturated rings. The van der Waals surface area contributed by atoms with E-state index in [1.165, 1.54) is 23.1 Å². The number of amides is 1. The van der Waals surface area contributed by atoms with E-state index in [-0.39, 0.29) is 0 Å². The number of hydrogen-bond donors (Lipinski definition) is 3. The predicted molar refractivity (Wildman–Crippen MR) is 97.8 cm³/mol. The van der Waals surface area contributed by atoms with Gasteiger partial charge < -0.3 is 16.4 Å². The van der Waals surface area contributed by atoms with Gasteiger partial charge in [0.1, 0.15) is 11.4 Å². The number of nitrogens with zero attached hydrogens (tertiary/aromatic N) is 2. The van der Waals surface area contributed by atoms with Gasteiger partial charge in [-0.2, -0.15) is 5.10 Å². The van der Waals surface area contributed by atoms with Crippen LogP contribution in [0.25, 0.3) is 0 Å². The highest BCUT2D eigenvalue weighted by Crippen LogP contribution is 2.41. The van der Waals surface area contributed by atoms with Gasteiger partial charge in [-0.15, -0.1) is 0 Å². The fraction of sp³-hybridized carbons (Fsp3) is 0.474. The Morgan fingerprint density at radius 2 is 2.24 bits per heavy atom. The average molecular weight is 339 g/mol. The zero-order chi connectivity index (χ0) is 17.6. The van der Waals surface area contributed by atoms with Crippen LogP contribution in [0.5, 0.6) is 0 Å². The van der Waals surface area contributed by atoms with Gasteiger partial charge in [0.05, 0.1) is 6.20 Å². The summed E-state index contributed by atoms with van der Waals surface area (Å²) in [6.07, 6.45) is 2.76. The highest BCUT2D eigenvalue weighted by molar-refractivity contribution is 5.97. The topological polar surface area (TPSA) is 85.0 Å². The van der Waals surface area contributed by atoms with Crippen LogP contribution in [0.3, 0.4) is 0 Å². The molecule has 2 heterocycles. The van der Waals surface area contributed by atoms with Gasteiger partial charge in [-0.05, 0) is 37.0 Å². The van der Waals surface area contributed by atoms with Crippen molar-refractivity contribution in [3.05, 3.63) is 46.6 Å². The molecule has 3 unspecified atom stereocenters. The molecule has 4 N–H and O–H groups in total. The lowest BCUT2D eigenvalue weighted by Gasteiger charge is -2.25. The van der Waals surface area contributed by atoms with Gasteiger partial charge in [-0.3, -0.25) is 4.79 Å². The van der Waals surface area contributed by atoms with Gasteiger partial charge >= 0.3 is 0 Å². The maximum absolute atomic E-state index is 11.4. The van der Waals surface area contributed by atoms with Gasteiger partial charge in [-0.1, -0.05) is 18.2 Å². The molecule has 2 aromatic rings. The van der Waals surface area contributed by atoms with Gasteiger partial charge in [0, 0.05) is 37.5 Å². The molecule has 1 aliphatic carbocycles. The Bertz CT molecular complexity index is 812. The van der Waals surface area contributed by atoms with Crippen molar-refractivity contribution >= 4 is 11.7 Å². The third kappa shape index (κ3) is 3.14. The lowest BCUT2D eigenvalue weighted by Crippen LogP contribution is -2.37. The zero-order valence-electron chi connectivity index (χ0n) is 14.7. The normalized spacial score (nSPS) is 24.5. The quantitative estimate of drug-likeness (QED) is 0.775. The summed E-state index contributed by atoms with van der Waals surface area (Å²) in [5.41, 5.74) is 10.0. The van der Waals surface area contributed by atoms with Gasteiger partial charge in [-0.25, -0.2) is 4.68 Å². The van der Waals surface area contributed by atoms with Crippen molar-refractivity contribution in [3.8, 4) is 0 Å². The number of nitrogens with one attached hydrogen (secondary N) is 2. The number of carbonyl (C=O) groups excluding carboxylic acids is 1. The second-order valence-electron chi connectivity index (χ2n) is 7.40. The van der Waals surface area contributed by atoms with Crippen molar-refractivity contribution in [2.24, 2.45) is 11.7 Å². The summed E-state index contributed by atoms with van der Waals surface area (Å²) in [5.74, 6) is 1.41. The van der Waals surface area contributed by atoms with Crippen molar-refractivity contribution in [1.82, 2.24) is 15.1 Å². The summed E-state index contributed by atoms with van der Waals surface area (Å²) in [4.78, 5) is 11.4. The fourth-order valence-electron chi connectivity index (χ4n) is 3.68. The molecule has 3 atom stereocenters. The molecule has 0 radical (unpaired) electrons. The van der Waals surface area contributed by atoms with E-state index in [1.807, 2.05) is 4.68 Å². The van der Waals surface area contributed by atoms with E-state index in [4.69, 9.17) is 5.73 Å². The van der Waals surface area contributed by atoms with Crippen LogP contribution in [0.2, 0.25) is 0 Å². The number of fused-ring (bicyclic) bond motifs is 1. The highest BCUT2D eigenvalue weighted by Gasteiger charge is 2.38. The summed E-state index contributed by atoms with van der Waals surface area (Å²) < 4.78 is 1.85. The Morgan fingerprint density at radius 3 is 3.00 bits per heavy atom. The minimum Gasteiger partial charge on any atom is -0.369 e. The van der Waals surface area contributed by atoms with Crippen molar-refractivity contribution in [2.45, 2.75) is 38.8 Å². The van der Waals surface area contributed by atoms with Crippen LogP contribution in [0.4, 0.5) is 5.82 Å². The number of anilines is 1. The summed E-state index contributed by atoms with van der Waals surface area (Å²) >= 11 is 0. The molecule has 1 amide bonds. The number of carbonyl (C=O) groups is 1. The van der Waals surface area contributed by atoms with Crippen LogP contribution in [0.1, 0.15) is 39.4 Å². The maximum atomic E-state index is 11.4. The number of primary amides is 1. The number of rotatable bonds is 5. The monoisotopic (exact) mass is 339 g/mol. The first-order valence-electron chi connectivity index (χ1n) is 8.93. The molecule has 6 nitrogen and oxygen atoms in total. The van der Waals surface area contributed by atoms with E-state index in [1.54, 1.807) is 6.20 Å². The molecule has 25 heavy (non-hydrogen) atoms. The summed E-state index contributed by atoms with van der Waals surface area (Å²) in [6.45, 7) is 6.93. The van der Waals surface area contributed by atoms with Crippen LogP contribution >= 0.6 is 0 Å². The largest absolute Gasteiger partial charge is 0.369 e. The van der Waals surface area contributed by atoms with Gasteiger partial charge in [0.25, 0.3) is 5.91 Å². The molecule has 0 spiro atoms. The molecule has 1 aromatic heterocycles. The minimum atomic E-state index is -0.431. The van der Waals surface area contributed by atoms with Crippen LogP contribution in [-0.4, -0.2) is 34.8 Å². The molecule has 0 bridgehead atoms. The van der Waals surface area contributed by atoms with Crippen LogP contribution in [-0.2, 0) is 6.54 Å². The Kier molecular flexibility index (Phi) is 4.00. The van der Waals surface area contributed by atoms with Crippen molar-refractivity contribution < 1.29 is 4.79 Å². The SMILES string of the molecule is Cc1ccc(C2CC2NCC2CNc3c(C(N)=O)cnn3C2)cc1C. The second-order valence-corrected chi connectivity index (χ2v) is 7.40. The third-order valence-corrected chi connectivity index (χ3v) is 5.51. The smallest absolute Gasteiger partial charge is 0.254 e. The molecule has 1 aliphatic heterocycles. The van der Waals surface area contributed by atoms with Crippen molar-refractivity contribution in [3.63, 3.8) is 0 Å². The maximum Gasteiger partial charge on any atom is 0.254 e. The predicted octanol–water partition coefficient (Wildman–Crippen LogP) is 1.79. The lowest BCUT2D eigenvalue weighted by atomic mass is 10.0. The molecule has 1 aromatic carbocycles. The Morgan fingerprint density at radius 1 is 1.40 bits per heavy atom. The molecular weight excluding hydrogens is 314 g/mol. The van der Waals surface area contributed by atoms with E-state index in [0.29, 0.717) is 23.4 Å². The Balaban J connectivity index is 1.31. The number of aryl methyl sites for hydroxylation is 2. The molecule has 4 rings (SSSR count). The fourth-order valence-corrected chi connectivity index (χ4v) is 3.68. The number of hydrogen-bond acceptors (Lipinski definition) is 4. The number of benzene rings is 1. The van der Waals surface area contributed by atoms with E-state index < -0.39 is 5.91 Å². The first-order valence-corrected chi connectivity index (χ1v) is 8.93. The van der Waals surface area contributed by atoms with Crippen molar-refractivity contribution in [2.75, 3.05) is 18.4 Å². The van der Waals surface area contributed by atoms with E-state index in [9.17, 15) is 4.79 Å². The van der Waals surface area contributed by atoms with Gasteiger partial charge in [0.15, 0.2) is 0 Å². The number of aromatic nitrogens is 2. The van der Waals surface area contributed by atoms with Crippen LogP contribution < -0.4 is 16.4 Å². The van der Waals surface area contributed by atoms with E-state index in [2.05, 4.69) is 47.8 Å². The van der Waals surface area contributed by atoms with Crippen molar-refractivity contribution in [1.29, 1.82) is 0 Å². The Hall–Kier alpha value is -2.34. The molecule has 0 saturated heterocycles. The molecule has 132 valence electrons. The van der Waals surface area contributed by atoms with E-state index in [0.717, 1.165) is 25.5 Å². The molecule has 1 saturated carbocycles. The summed E-state index contributed by atoms with van der Waals surface area (Å²) in [7, 11) is 0. The third-order valence-electron chi connectivity index (χ3n) is 5.51. The minimum absolute atomic E-state index is 0.431. The summed E-state index contributed by atoms with van der Waals surface area (Å²) in [5, 5.41) is 11.3. The molecule has 2 aliphatic rings. The molecule has 6 heteroatoms. The average Bonchev–Trinajstić information content (AvgIpc) is 3.24. The first-order chi connectivity index (χ1) is 12.0. The standard InChI is InChI=1S/C19H25N5O/c1-11-3-4-14(5-12(11)2)15-6-17(15)21-7-13-8-22-19-16(18(20)25)9-23-24(19)10-13/h3-5,9,13,15,17,21-22H,6-8,10H2,1-2H3,(H2,20,25). The van der Waals surface area contributed by atoms with Crippen LogP contribution in [0, 0.1) is 19.8 Å². The number of nitrogens with two attached hydrogens (primary N) is 1. The second kappa shape index (κ2) is 6.19.